The van der Waals surface area contributed by atoms with Crippen LogP contribution in [0.1, 0.15) is 43.0 Å². The average molecular weight is 452 g/mol. The molecule has 2 heterocycles. The highest BCUT2D eigenvalue weighted by atomic mass is 35.5. The number of rotatable bonds is 8. The maximum absolute atomic E-state index is 13.5. The summed E-state index contributed by atoms with van der Waals surface area (Å²) in [6, 6.07) is 7.79. The van der Waals surface area contributed by atoms with Gasteiger partial charge in [-0.15, -0.1) is 12.4 Å². The number of anilines is 1. The van der Waals surface area contributed by atoms with Crippen molar-refractivity contribution < 1.29 is 9.53 Å². The molecule has 0 atom stereocenters. The zero-order chi connectivity index (χ0) is 21.1. The third-order valence-corrected chi connectivity index (χ3v) is 5.51. The highest BCUT2D eigenvalue weighted by Gasteiger charge is 2.25. The Hall–Kier alpha value is -2.16. The fraction of sp³-hybridized carbons (Fsp3) is 0.476. The van der Waals surface area contributed by atoms with Gasteiger partial charge in [0.1, 0.15) is 11.4 Å². The molecule has 2 aromatic heterocycles. The molecule has 9 heteroatoms. The summed E-state index contributed by atoms with van der Waals surface area (Å²) < 4.78 is 8.40. The molecule has 0 fully saturated rings. The first-order valence-electron chi connectivity index (χ1n) is 9.86. The smallest absolute Gasteiger partial charge is 0.278 e. The van der Waals surface area contributed by atoms with Gasteiger partial charge in [-0.3, -0.25) is 14.4 Å². The Bertz CT molecular complexity index is 999. The number of aromatic nitrogens is 3. The lowest BCUT2D eigenvalue weighted by molar-refractivity contribution is 0.0973. The molecule has 0 aliphatic rings. The topological polar surface area (TPSA) is 63.5 Å². The van der Waals surface area contributed by atoms with Crippen molar-refractivity contribution in [3.63, 3.8) is 0 Å². The number of aryl methyl sites for hydroxylation is 1. The lowest BCUT2D eigenvalue weighted by Crippen LogP contribution is -2.38. The molecule has 0 aliphatic carbocycles. The number of hydrogen-bond donors (Lipinski definition) is 0. The predicted octanol–water partition coefficient (Wildman–Crippen LogP) is 4.41. The van der Waals surface area contributed by atoms with E-state index in [4.69, 9.17) is 9.72 Å². The van der Waals surface area contributed by atoms with Gasteiger partial charge in [0, 0.05) is 19.1 Å². The minimum Gasteiger partial charge on any atom is -0.494 e. The Balaban J connectivity index is 0.00000320. The maximum Gasteiger partial charge on any atom is 0.278 e. The molecule has 0 spiro atoms. The van der Waals surface area contributed by atoms with E-state index in [1.807, 2.05) is 66.1 Å². The van der Waals surface area contributed by atoms with Gasteiger partial charge in [-0.1, -0.05) is 11.3 Å². The second-order valence-electron chi connectivity index (χ2n) is 7.53. The van der Waals surface area contributed by atoms with Crippen LogP contribution in [0.15, 0.2) is 24.3 Å². The summed E-state index contributed by atoms with van der Waals surface area (Å²) in [4.78, 5) is 22.1. The molecule has 7 nitrogen and oxygen atoms in total. The van der Waals surface area contributed by atoms with Crippen LogP contribution in [0.2, 0.25) is 0 Å². The van der Waals surface area contributed by atoms with Gasteiger partial charge in [-0.2, -0.15) is 5.10 Å². The number of ether oxygens (including phenoxy) is 1. The summed E-state index contributed by atoms with van der Waals surface area (Å²) >= 11 is 1.51. The second kappa shape index (κ2) is 10.2. The summed E-state index contributed by atoms with van der Waals surface area (Å²) in [6.07, 6.45) is 0. The SMILES string of the molecule is CCOc1ccc2nc(N(CCN(C)C)C(=O)c3cc(C)nn3C(C)C)sc2c1.Cl. The van der Waals surface area contributed by atoms with Crippen molar-refractivity contribution in [2.24, 2.45) is 0 Å². The number of carbonyl (C=O) groups is 1. The summed E-state index contributed by atoms with van der Waals surface area (Å²) in [5.74, 6) is 0.736. The van der Waals surface area contributed by atoms with E-state index in [2.05, 4.69) is 10.00 Å². The van der Waals surface area contributed by atoms with E-state index in [0.29, 0.717) is 24.0 Å². The van der Waals surface area contributed by atoms with Crippen molar-refractivity contribution in [1.82, 2.24) is 19.7 Å². The van der Waals surface area contributed by atoms with Crippen LogP contribution < -0.4 is 9.64 Å². The normalized spacial score (nSPS) is 11.2. The van der Waals surface area contributed by atoms with Gasteiger partial charge in [-0.25, -0.2) is 4.98 Å². The Kier molecular flexibility index (Phi) is 8.23. The van der Waals surface area contributed by atoms with Crippen LogP contribution in [-0.4, -0.2) is 59.4 Å². The summed E-state index contributed by atoms with van der Waals surface area (Å²) in [5.41, 5.74) is 2.29. The molecular formula is C21H30ClN5O2S. The number of carbonyl (C=O) groups excluding carboxylic acids is 1. The number of likely N-dealkylation sites (N-methyl/N-ethyl adjacent to an activating group) is 1. The summed E-state index contributed by atoms with van der Waals surface area (Å²) in [6.45, 7) is 9.83. The maximum atomic E-state index is 13.5. The molecule has 30 heavy (non-hydrogen) atoms. The van der Waals surface area contributed by atoms with Crippen molar-refractivity contribution in [3.8, 4) is 5.75 Å². The predicted molar refractivity (Wildman–Crippen MR) is 126 cm³/mol. The fourth-order valence-corrected chi connectivity index (χ4v) is 4.08. The highest BCUT2D eigenvalue weighted by molar-refractivity contribution is 7.22. The van der Waals surface area contributed by atoms with Crippen LogP contribution in [0, 0.1) is 6.92 Å². The largest absolute Gasteiger partial charge is 0.494 e. The molecule has 0 unspecified atom stereocenters. The van der Waals surface area contributed by atoms with Gasteiger partial charge < -0.3 is 9.64 Å². The monoisotopic (exact) mass is 451 g/mol. The Morgan fingerprint density at radius 2 is 1.97 bits per heavy atom. The van der Waals surface area contributed by atoms with E-state index in [-0.39, 0.29) is 24.4 Å². The van der Waals surface area contributed by atoms with E-state index >= 15 is 0 Å². The van der Waals surface area contributed by atoms with E-state index in [1.165, 1.54) is 11.3 Å². The quantitative estimate of drug-likeness (QED) is 0.507. The van der Waals surface area contributed by atoms with Gasteiger partial charge in [0.15, 0.2) is 5.13 Å². The number of halogens is 1. The number of nitrogens with zero attached hydrogens (tertiary/aromatic N) is 5. The van der Waals surface area contributed by atoms with Crippen LogP contribution in [0.4, 0.5) is 5.13 Å². The second-order valence-corrected chi connectivity index (χ2v) is 8.54. The molecule has 0 N–H and O–H groups in total. The van der Waals surface area contributed by atoms with Gasteiger partial charge in [0.05, 0.1) is 22.5 Å². The third-order valence-electron chi connectivity index (χ3n) is 4.47. The van der Waals surface area contributed by atoms with Crippen LogP contribution in [0.3, 0.4) is 0 Å². The van der Waals surface area contributed by atoms with Gasteiger partial charge in [0.25, 0.3) is 5.91 Å². The average Bonchev–Trinajstić information content (AvgIpc) is 3.25. The van der Waals surface area contributed by atoms with E-state index in [9.17, 15) is 4.79 Å². The van der Waals surface area contributed by atoms with E-state index in [1.54, 1.807) is 9.58 Å². The Morgan fingerprint density at radius 3 is 2.60 bits per heavy atom. The van der Waals surface area contributed by atoms with Crippen molar-refractivity contribution in [2.75, 3.05) is 38.7 Å². The molecule has 0 radical (unpaired) electrons. The van der Waals surface area contributed by atoms with Crippen molar-refractivity contribution in [3.05, 3.63) is 35.7 Å². The van der Waals surface area contributed by atoms with E-state index in [0.717, 1.165) is 28.2 Å². The zero-order valence-electron chi connectivity index (χ0n) is 18.4. The van der Waals surface area contributed by atoms with Gasteiger partial charge in [0.2, 0.25) is 0 Å². The third kappa shape index (κ3) is 5.30. The van der Waals surface area contributed by atoms with Crippen LogP contribution >= 0.6 is 23.7 Å². The first-order valence-corrected chi connectivity index (χ1v) is 10.7. The number of amides is 1. The number of benzene rings is 1. The first kappa shape index (κ1) is 24.1. The van der Waals surface area contributed by atoms with Crippen LogP contribution in [0.5, 0.6) is 5.75 Å². The lowest BCUT2D eigenvalue weighted by atomic mass is 10.3. The molecule has 0 saturated heterocycles. The zero-order valence-corrected chi connectivity index (χ0v) is 20.0. The van der Waals surface area contributed by atoms with Crippen molar-refractivity contribution in [2.45, 2.75) is 33.7 Å². The Labute approximate surface area is 188 Å². The van der Waals surface area contributed by atoms with Gasteiger partial charge in [-0.05, 0) is 66.1 Å². The molecule has 0 aliphatic heterocycles. The van der Waals surface area contributed by atoms with Crippen molar-refractivity contribution >= 4 is 45.0 Å². The van der Waals surface area contributed by atoms with Crippen LogP contribution in [0.25, 0.3) is 10.2 Å². The summed E-state index contributed by atoms with van der Waals surface area (Å²) in [5, 5.41) is 5.19. The molecule has 1 aromatic carbocycles. The number of thiazole rings is 1. The lowest BCUT2D eigenvalue weighted by Gasteiger charge is -2.22. The molecule has 3 aromatic rings. The molecule has 1 amide bonds. The molecule has 164 valence electrons. The number of fused-ring (bicyclic) bond motifs is 1. The van der Waals surface area contributed by atoms with Crippen molar-refractivity contribution in [1.29, 1.82) is 0 Å². The van der Waals surface area contributed by atoms with E-state index < -0.39 is 0 Å². The minimum atomic E-state index is -0.0785. The standard InChI is InChI=1S/C21H29N5O2S.ClH/c1-7-28-16-8-9-17-19(13-16)29-21(22-17)25(11-10-24(5)6)20(27)18-12-15(4)23-26(18)14(2)3;/h8-9,12-14H,7,10-11H2,1-6H3;1H. The summed E-state index contributed by atoms with van der Waals surface area (Å²) in [7, 11) is 4.00. The first-order chi connectivity index (χ1) is 13.8. The Morgan fingerprint density at radius 1 is 1.23 bits per heavy atom. The molecule has 3 rings (SSSR count). The molecule has 0 saturated carbocycles. The van der Waals surface area contributed by atoms with Crippen LogP contribution in [-0.2, 0) is 0 Å². The minimum absolute atomic E-state index is 0. The number of hydrogen-bond acceptors (Lipinski definition) is 6. The van der Waals surface area contributed by atoms with Gasteiger partial charge >= 0.3 is 0 Å². The molecule has 0 bridgehead atoms. The fourth-order valence-electron chi connectivity index (χ4n) is 3.06. The molecular weight excluding hydrogens is 422 g/mol. The highest BCUT2D eigenvalue weighted by Crippen LogP contribution is 2.32.